The molecule has 4 heterocycles. The van der Waals surface area contributed by atoms with Crippen molar-refractivity contribution in [1.29, 1.82) is 0 Å². The predicted molar refractivity (Wildman–Crippen MR) is 121 cm³/mol. The second-order valence-electron chi connectivity index (χ2n) is 7.52. The molecule has 1 atom stereocenters. The van der Waals surface area contributed by atoms with E-state index in [0.717, 1.165) is 28.0 Å². The van der Waals surface area contributed by atoms with Gasteiger partial charge in [-0.15, -0.1) is 11.3 Å². The van der Waals surface area contributed by atoms with Gasteiger partial charge < -0.3 is 10.6 Å². The number of fused-ring (bicyclic) bond motifs is 1. The van der Waals surface area contributed by atoms with Crippen molar-refractivity contribution in [2.24, 2.45) is 0 Å². The number of carbonyl (C=O) groups is 2. The van der Waals surface area contributed by atoms with Crippen LogP contribution in [-0.4, -0.2) is 50.4 Å². The normalized spacial score (nSPS) is 17.2. The Balaban J connectivity index is 1.45. The zero-order valence-corrected chi connectivity index (χ0v) is 19.2. The number of pyridine rings is 1. The van der Waals surface area contributed by atoms with Crippen molar-refractivity contribution in [3.05, 3.63) is 39.7 Å². The van der Waals surface area contributed by atoms with Gasteiger partial charge in [0.15, 0.2) is 0 Å². The average molecular weight is 491 g/mol. The second-order valence-corrected chi connectivity index (χ2v) is 9.93. The molecule has 1 saturated heterocycles. The van der Waals surface area contributed by atoms with E-state index in [-0.39, 0.29) is 11.8 Å². The van der Waals surface area contributed by atoms with Crippen LogP contribution in [0.15, 0.2) is 28.4 Å². The molecule has 0 aromatic carbocycles. The van der Waals surface area contributed by atoms with E-state index >= 15 is 0 Å². The molecule has 0 saturated carbocycles. The summed E-state index contributed by atoms with van der Waals surface area (Å²) in [6.45, 7) is 5.28. The van der Waals surface area contributed by atoms with Gasteiger partial charge in [0.2, 0.25) is 5.91 Å². The van der Waals surface area contributed by atoms with Crippen molar-refractivity contribution in [2.75, 3.05) is 23.7 Å². The molecule has 4 rings (SSSR count). The Morgan fingerprint density at radius 1 is 1.30 bits per heavy atom. The number of nitrogens with zero attached hydrogens (tertiary/aromatic N) is 4. The molecule has 0 unspecified atom stereocenters. The number of rotatable bonds is 5. The number of nitrogens with one attached hydrogen (secondary N) is 2. The second kappa shape index (κ2) is 8.83. The lowest BCUT2D eigenvalue weighted by Crippen LogP contribution is -2.42. The number of aryl methyl sites for hydroxylation is 1. The molecule has 0 aliphatic carbocycles. The van der Waals surface area contributed by atoms with Crippen molar-refractivity contribution in [2.45, 2.75) is 39.2 Å². The highest BCUT2D eigenvalue weighted by Crippen LogP contribution is 2.27. The molecular weight excluding hydrogens is 468 g/mol. The Morgan fingerprint density at radius 2 is 2.13 bits per heavy atom. The molecule has 0 spiro atoms. The Hall–Kier alpha value is -2.30. The SMILES string of the molecule is Cc1ncc(NC(=O)CN2CCCC[C@H]2C)cc1NC(=O)c1cnn2cc(Br)sc12. The topological polar surface area (TPSA) is 91.6 Å². The molecular formula is C20H23BrN6O2S. The van der Waals surface area contributed by atoms with Crippen LogP contribution in [0.4, 0.5) is 11.4 Å². The Bertz CT molecular complexity index is 1090. The summed E-state index contributed by atoms with van der Waals surface area (Å²) < 4.78 is 2.55. The van der Waals surface area contributed by atoms with Gasteiger partial charge in [-0.1, -0.05) is 6.42 Å². The van der Waals surface area contributed by atoms with Gasteiger partial charge in [-0.2, -0.15) is 5.10 Å². The fourth-order valence-electron chi connectivity index (χ4n) is 3.61. The largest absolute Gasteiger partial charge is 0.324 e. The number of amides is 2. The first-order chi connectivity index (χ1) is 14.4. The molecule has 1 fully saturated rings. The minimum absolute atomic E-state index is 0.0755. The van der Waals surface area contributed by atoms with E-state index in [1.165, 1.54) is 17.8 Å². The number of piperidine rings is 1. The molecule has 8 nitrogen and oxygen atoms in total. The van der Waals surface area contributed by atoms with Crippen molar-refractivity contribution in [3.8, 4) is 0 Å². The van der Waals surface area contributed by atoms with E-state index in [2.05, 4.69) is 48.5 Å². The summed E-state index contributed by atoms with van der Waals surface area (Å²) in [5, 5.41) is 10.00. The van der Waals surface area contributed by atoms with E-state index in [9.17, 15) is 9.59 Å². The summed E-state index contributed by atoms with van der Waals surface area (Å²) in [4.78, 5) is 32.6. The first-order valence-corrected chi connectivity index (χ1v) is 11.5. The minimum atomic E-state index is -0.269. The molecule has 158 valence electrons. The van der Waals surface area contributed by atoms with Crippen molar-refractivity contribution in [1.82, 2.24) is 19.5 Å². The molecule has 3 aromatic heterocycles. The Morgan fingerprint density at radius 3 is 2.93 bits per heavy atom. The van der Waals surface area contributed by atoms with Crippen LogP contribution in [0.5, 0.6) is 0 Å². The maximum absolute atomic E-state index is 12.8. The standard InChI is InChI=1S/C20H23BrN6O2S/c1-12-5-3-4-6-26(12)11-18(28)24-14-7-16(13(2)22-8-14)25-19(29)15-9-23-27-10-17(21)30-20(15)27/h7-10,12H,3-6,11H2,1-2H3,(H,24,28)(H,25,29)/t12-/m1/s1. The monoisotopic (exact) mass is 490 g/mol. The average Bonchev–Trinajstić information content (AvgIpc) is 3.25. The highest BCUT2D eigenvalue weighted by Gasteiger charge is 2.21. The molecule has 10 heteroatoms. The zero-order valence-electron chi connectivity index (χ0n) is 16.8. The number of hydrogen-bond donors (Lipinski definition) is 2. The van der Waals surface area contributed by atoms with Crippen LogP contribution >= 0.6 is 27.3 Å². The fourth-order valence-corrected chi connectivity index (χ4v) is 5.05. The molecule has 0 radical (unpaired) electrons. The van der Waals surface area contributed by atoms with Crippen molar-refractivity contribution >= 4 is 55.3 Å². The van der Waals surface area contributed by atoms with Crippen LogP contribution < -0.4 is 10.6 Å². The summed E-state index contributed by atoms with van der Waals surface area (Å²) >= 11 is 4.85. The fraction of sp³-hybridized carbons (Fsp3) is 0.400. The third-order valence-corrected chi connectivity index (χ3v) is 6.91. The molecule has 1 aliphatic heterocycles. The van der Waals surface area contributed by atoms with Crippen LogP contribution in [0.25, 0.3) is 4.83 Å². The lowest BCUT2D eigenvalue weighted by molar-refractivity contribution is -0.118. The van der Waals surface area contributed by atoms with E-state index in [1.807, 2.05) is 13.1 Å². The van der Waals surface area contributed by atoms with Crippen LogP contribution in [0.1, 0.15) is 42.2 Å². The Labute approximate surface area is 186 Å². The Kier molecular flexibility index (Phi) is 6.16. The predicted octanol–water partition coefficient (Wildman–Crippen LogP) is 3.93. The summed E-state index contributed by atoms with van der Waals surface area (Å²) in [5.74, 6) is -0.344. The highest BCUT2D eigenvalue weighted by molar-refractivity contribution is 9.11. The maximum atomic E-state index is 12.8. The third-order valence-electron chi connectivity index (χ3n) is 5.32. The van der Waals surface area contributed by atoms with Crippen LogP contribution in [0, 0.1) is 6.92 Å². The van der Waals surface area contributed by atoms with Gasteiger partial charge in [-0.25, -0.2) is 4.52 Å². The number of likely N-dealkylation sites (tertiary alicyclic amines) is 1. The number of aromatic nitrogens is 3. The van der Waals surface area contributed by atoms with E-state index in [0.29, 0.717) is 35.2 Å². The molecule has 2 N–H and O–H groups in total. The van der Waals surface area contributed by atoms with Crippen LogP contribution in [0.3, 0.4) is 0 Å². The van der Waals surface area contributed by atoms with E-state index in [4.69, 9.17) is 0 Å². The van der Waals surface area contributed by atoms with E-state index in [1.54, 1.807) is 23.0 Å². The summed E-state index contributed by atoms with van der Waals surface area (Å²) in [6.07, 6.45) is 8.43. The first-order valence-electron chi connectivity index (χ1n) is 9.85. The van der Waals surface area contributed by atoms with Gasteiger partial charge in [-0.3, -0.25) is 19.5 Å². The summed E-state index contributed by atoms with van der Waals surface area (Å²) in [7, 11) is 0. The number of carbonyl (C=O) groups excluding carboxylic acids is 2. The molecule has 1 aliphatic rings. The molecule has 30 heavy (non-hydrogen) atoms. The number of anilines is 2. The van der Waals surface area contributed by atoms with Gasteiger partial charge in [0, 0.05) is 6.04 Å². The lowest BCUT2D eigenvalue weighted by atomic mass is 10.0. The number of halogens is 1. The number of thiazole rings is 1. The zero-order chi connectivity index (χ0) is 21.3. The molecule has 3 aromatic rings. The van der Waals surface area contributed by atoms with Gasteiger partial charge >= 0.3 is 0 Å². The van der Waals surface area contributed by atoms with Crippen LogP contribution in [0.2, 0.25) is 0 Å². The van der Waals surface area contributed by atoms with Gasteiger partial charge in [0.25, 0.3) is 5.91 Å². The number of hydrogen-bond acceptors (Lipinski definition) is 6. The van der Waals surface area contributed by atoms with Gasteiger partial charge in [0.1, 0.15) is 4.83 Å². The lowest BCUT2D eigenvalue weighted by Gasteiger charge is -2.32. The minimum Gasteiger partial charge on any atom is -0.324 e. The summed E-state index contributed by atoms with van der Waals surface area (Å²) in [6, 6.07) is 2.16. The smallest absolute Gasteiger partial charge is 0.260 e. The maximum Gasteiger partial charge on any atom is 0.260 e. The van der Waals surface area contributed by atoms with Gasteiger partial charge in [-0.05, 0) is 55.2 Å². The highest BCUT2D eigenvalue weighted by atomic mass is 79.9. The van der Waals surface area contributed by atoms with Crippen LogP contribution in [-0.2, 0) is 4.79 Å². The van der Waals surface area contributed by atoms with Gasteiger partial charge in [0.05, 0.1) is 51.6 Å². The quantitative estimate of drug-likeness (QED) is 0.565. The van der Waals surface area contributed by atoms with E-state index < -0.39 is 0 Å². The molecule has 0 bridgehead atoms. The third kappa shape index (κ3) is 4.55. The van der Waals surface area contributed by atoms with Crippen molar-refractivity contribution in [3.63, 3.8) is 0 Å². The van der Waals surface area contributed by atoms with Crippen molar-refractivity contribution < 1.29 is 9.59 Å². The molecule has 2 amide bonds. The summed E-state index contributed by atoms with van der Waals surface area (Å²) in [5.41, 5.74) is 2.27. The first kappa shape index (κ1) is 21.0.